The van der Waals surface area contributed by atoms with Crippen molar-refractivity contribution in [2.75, 3.05) is 18.0 Å². The van der Waals surface area contributed by atoms with Gasteiger partial charge < -0.3 is 4.90 Å². The molecule has 0 aromatic carbocycles. The summed E-state index contributed by atoms with van der Waals surface area (Å²) in [5.41, 5.74) is 2.60. The number of hydrogen-bond donors (Lipinski definition) is 1. The lowest BCUT2D eigenvalue weighted by molar-refractivity contribution is 0.924. The highest BCUT2D eigenvalue weighted by atomic mass is 32.1. The number of aromatic amines is 1. The van der Waals surface area contributed by atoms with Gasteiger partial charge in [-0.15, -0.1) is 0 Å². The molecule has 102 valence electrons. The highest BCUT2D eigenvalue weighted by Gasteiger charge is 2.19. The first kappa shape index (κ1) is 13.8. The summed E-state index contributed by atoms with van der Waals surface area (Å²) < 4.78 is 0. The molecule has 0 amide bonds. The Bertz CT molecular complexity index is 556. The number of hydrogen-bond acceptors (Lipinski definition) is 4. The molecule has 5 heteroatoms. The Hall–Kier alpha value is -1.62. The lowest BCUT2D eigenvalue weighted by Gasteiger charge is -2.19. The first-order valence-electron chi connectivity index (χ1n) is 6.71. The molecule has 2 aromatic rings. The van der Waals surface area contributed by atoms with Gasteiger partial charge in [-0.3, -0.25) is 4.79 Å². The Morgan fingerprint density at radius 3 is 2.68 bits per heavy atom. The largest absolute Gasteiger partial charge is 0.370 e. The summed E-state index contributed by atoms with van der Waals surface area (Å²) >= 11 is 1.60. The standard InChI is InChI=1S/C12H13N3OS.C2H6/c16-12-11(9-3-6-17-8-9)10(7-13-14-12)15-4-1-2-5-15;1-2/h3,6-8H,1-2,4-5H2,(H,14,16);1-2H3. The van der Waals surface area contributed by atoms with Gasteiger partial charge in [-0.25, -0.2) is 5.10 Å². The van der Waals surface area contributed by atoms with E-state index in [1.807, 2.05) is 30.7 Å². The minimum absolute atomic E-state index is 0.104. The molecule has 1 saturated heterocycles. The average molecular weight is 277 g/mol. The zero-order valence-corrected chi connectivity index (χ0v) is 12.2. The fourth-order valence-corrected chi connectivity index (χ4v) is 2.92. The highest BCUT2D eigenvalue weighted by Crippen LogP contribution is 2.30. The Balaban J connectivity index is 0.000000637. The molecule has 0 saturated carbocycles. The predicted octanol–water partition coefficient (Wildman–Crippen LogP) is 3.12. The van der Waals surface area contributed by atoms with Crippen LogP contribution in [0.1, 0.15) is 26.7 Å². The molecule has 1 fully saturated rings. The van der Waals surface area contributed by atoms with E-state index in [1.54, 1.807) is 17.5 Å². The van der Waals surface area contributed by atoms with Crippen molar-refractivity contribution in [1.82, 2.24) is 10.2 Å². The molecule has 0 spiro atoms. The molecule has 2 aromatic heterocycles. The van der Waals surface area contributed by atoms with Crippen molar-refractivity contribution in [3.63, 3.8) is 0 Å². The summed E-state index contributed by atoms with van der Waals surface area (Å²) in [7, 11) is 0. The molecule has 3 rings (SSSR count). The van der Waals surface area contributed by atoms with Gasteiger partial charge in [-0.05, 0) is 29.7 Å². The molecule has 1 aliphatic heterocycles. The molecule has 0 bridgehead atoms. The van der Waals surface area contributed by atoms with Crippen LogP contribution in [0.3, 0.4) is 0 Å². The zero-order chi connectivity index (χ0) is 13.7. The molecule has 0 unspecified atom stereocenters. The second-order valence-corrected chi connectivity index (χ2v) is 4.95. The lowest BCUT2D eigenvalue weighted by Crippen LogP contribution is -2.23. The molecule has 4 nitrogen and oxygen atoms in total. The molecule has 1 N–H and O–H groups in total. The van der Waals surface area contributed by atoms with Crippen LogP contribution in [-0.4, -0.2) is 23.3 Å². The van der Waals surface area contributed by atoms with E-state index in [9.17, 15) is 4.79 Å². The first-order chi connectivity index (χ1) is 9.36. The maximum absolute atomic E-state index is 12.0. The van der Waals surface area contributed by atoms with Crippen molar-refractivity contribution in [3.05, 3.63) is 33.4 Å². The van der Waals surface area contributed by atoms with Gasteiger partial charge >= 0.3 is 0 Å². The van der Waals surface area contributed by atoms with Gasteiger partial charge in [0, 0.05) is 18.7 Å². The van der Waals surface area contributed by atoms with Gasteiger partial charge in [0.15, 0.2) is 0 Å². The average Bonchev–Trinajstić information content (AvgIpc) is 3.14. The number of H-pyrrole nitrogens is 1. The van der Waals surface area contributed by atoms with Gasteiger partial charge in [0.1, 0.15) is 0 Å². The fraction of sp³-hybridized carbons (Fsp3) is 0.429. The van der Waals surface area contributed by atoms with E-state index in [2.05, 4.69) is 15.1 Å². The van der Waals surface area contributed by atoms with E-state index in [-0.39, 0.29) is 5.56 Å². The minimum Gasteiger partial charge on any atom is -0.370 e. The third-order valence-corrected chi connectivity index (χ3v) is 3.78. The van der Waals surface area contributed by atoms with Gasteiger partial charge in [0.05, 0.1) is 17.4 Å². The van der Waals surface area contributed by atoms with Crippen molar-refractivity contribution in [1.29, 1.82) is 0 Å². The van der Waals surface area contributed by atoms with Crippen LogP contribution in [0.25, 0.3) is 11.1 Å². The zero-order valence-electron chi connectivity index (χ0n) is 11.3. The molecule has 19 heavy (non-hydrogen) atoms. The summed E-state index contributed by atoms with van der Waals surface area (Å²) in [4.78, 5) is 14.2. The third kappa shape index (κ3) is 2.87. The number of thiophene rings is 1. The first-order valence-corrected chi connectivity index (χ1v) is 7.66. The van der Waals surface area contributed by atoms with Gasteiger partial charge in [0.2, 0.25) is 0 Å². The molecule has 3 heterocycles. The topological polar surface area (TPSA) is 49.0 Å². The van der Waals surface area contributed by atoms with Gasteiger partial charge in [-0.1, -0.05) is 13.8 Å². The van der Waals surface area contributed by atoms with Crippen LogP contribution in [0.2, 0.25) is 0 Å². The number of aromatic nitrogens is 2. The quantitative estimate of drug-likeness (QED) is 0.917. The molecule has 0 aliphatic carbocycles. The summed E-state index contributed by atoms with van der Waals surface area (Å²) in [6.45, 7) is 6.03. The van der Waals surface area contributed by atoms with Crippen LogP contribution in [0.5, 0.6) is 0 Å². The summed E-state index contributed by atoms with van der Waals surface area (Å²) in [6.07, 6.45) is 4.14. The van der Waals surface area contributed by atoms with Crippen molar-refractivity contribution in [2.45, 2.75) is 26.7 Å². The van der Waals surface area contributed by atoms with Crippen LogP contribution in [-0.2, 0) is 0 Å². The Labute approximate surface area is 117 Å². The molecule has 0 radical (unpaired) electrons. The maximum atomic E-state index is 12.0. The smallest absolute Gasteiger partial charge is 0.274 e. The highest BCUT2D eigenvalue weighted by molar-refractivity contribution is 7.08. The summed E-state index contributed by atoms with van der Waals surface area (Å²) in [5, 5.41) is 10.4. The Morgan fingerprint density at radius 2 is 2.05 bits per heavy atom. The van der Waals surface area contributed by atoms with Gasteiger partial charge in [0.25, 0.3) is 5.56 Å². The third-order valence-electron chi connectivity index (χ3n) is 3.09. The van der Waals surface area contributed by atoms with E-state index in [0.717, 1.165) is 29.9 Å². The van der Waals surface area contributed by atoms with E-state index < -0.39 is 0 Å². The van der Waals surface area contributed by atoms with Crippen molar-refractivity contribution in [3.8, 4) is 11.1 Å². The van der Waals surface area contributed by atoms with Crippen LogP contribution in [0, 0.1) is 0 Å². The Kier molecular flexibility index (Phi) is 4.74. The van der Waals surface area contributed by atoms with E-state index in [4.69, 9.17) is 0 Å². The fourth-order valence-electron chi connectivity index (χ4n) is 2.27. The predicted molar refractivity (Wildman–Crippen MR) is 81.0 cm³/mol. The van der Waals surface area contributed by atoms with E-state index in [1.165, 1.54) is 12.8 Å². The second-order valence-electron chi connectivity index (χ2n) is 4.17. The number of rotatable bonds is 2. The van der Waals surface area contributed by atoms with Crippen molar-refractivity contribution < 1.29 is 0 Å². The number of nitrogens with zero attached hydrogens (tertiary/aromatic N) is 2. The van der Waals surface area contributed by atoms with Crippen LogP contribution in [0.15, 0.2) is 27.8 Å². The van der Waals surface area contributed by atoms with Crippen molar-refractivity contribution >= 4 is 17.0 Å². The van der Waals surface area contributed by atoms with Gasteiger partial charge in [-0.2, -0.15) is 16.4 Å². The maximum Gasteiger partial charge on any atom is 0.274 e. The van der Waals surface area contributed by atoms with E-state index in [0.29, 0.717) is 0 Å². The Morgan fingerprint density at radius 1 is 1.32 bits per heavy atom. The summed E-state index contributed by atoms with van der Waals surface area (Å²) in [5.74, 6) is 0. The normalized spacial score (nSPS) is 14.1. The lowest BCUT2D eigenvalue weighted by atomic mass is 10.1. The van der Waals surface area contributed by atoms with E-state index >= 15 is 0 Å². The SMILES string of the molecule is CC.O=c1[nH]ncc(N2CCCC2)c1-c1ccsc1. The monoisotopic (exact) mass is 277 g/mol. The minimum atomic E-state index is -0.104. The number of nitrogens with one attached hydrogen (secondary N) is 1. The van der Waals surface area contributed by atoms with Crippen LogP contribution in [0.4, 0.5) is 5.69 Å². The molecular weight excluding hydrogens is 258 g/mol. The summed E-state index contributed by atoms with van der Waals surface area (Å²) in [6, 6.07) is 1.98. The molecule has 1 aliphatic rings. The van der Waals surface area contributed by atoms with Crippen molar-refractivity contribution in [2.24, 2.45) is 0 Å². The molecular formula is C14H19N3OS. The van der Waals surface area contributed by atoms with Crippen LogP contribution >= 0.6 is 11.3 Å². The molecule has 0 atom stereocenters. The number of anilines is 1. The van der Waals surface area contributed by atoms with Crippen LogP contribution < -0.4 is 10.5 Å². The second kappa shape index (κ2) is 6.52.